The molecule has 0 atom stereocenters. The van der Waals surface area contributed by atoms with Crippen LogP contribution in [0.15, 0.2) is 12.1 Å². The lowest BCUT2D eigenvalue weighted by atomic mass is 10.0. The molecule has 0 radical (unpaired) electrons. The third kappa shape index (κ3) is 6.48. The van der Waals surface area contributed by atoms with Crippen LogP contribution in [-0.4, -0.2) is 68.9 Å². The number of nitrogens with zero attached hydrogens (tertiary/aromatic N) is 1. The summed E-state index contributed by atoms with van der Waals surface area (Å²) in [5.41, 5.74) is 6.48. The van der Waals surface area contributed by atoms with Crippen LogP contribution < -0.4 is 15.8 Å². The Labute approximate surface area is 175 Å². The third-order valence-electron chi connectivity index (χ3n) is 5.06. The number of carbonyl (C=O) groups excluding carboxylic acids is 2. The van der Waals surface area contributed by atoms with Gasteiger partial charge in [-0.05, 0) is 31.7 Å². The summed E-state index contributed by atoms with van der Waals surface area (Å²) in [6.45, 7) is 2.43. The van der Waals surface area contributed by atoms with Gasteiger partial charge in [-0.15, -0.1) is 0 Å². The van der Waals surface area contributed by atoms with Crippen molar-refractivity contribution in [1.29, 1.82) is 0 Å². The molecule has 9 heteroatoms. The van der Waals surface area contributed by atoms with Gasteiger partial charge in [0.2, 0.25) is 0 Å². The summed E-state index contributed by atoms with van der Waals surface area (Å²) in [7, 11) is 1.48. The molecule has 0 unspecified atom stereocenters. The van der Waals surface area contributed by atoms with Crippen LogP contribution in [-0.2, 0) is 14.3 Å². The number of methoxy groups -OCH3 is 1. The van der Waals surface area contributed by atoms with Crippen molar-refractivity contribution in [3.8, 4) is 5.75 Å². The van der Waals surface area contributed by atoms with Crippen LogP contribution in [0.2, 0.25) is 5.02 Å². The summed E-state index contributed by atoms with van der Waals surface area (Å²) >= 11 is 6.04. The number of likely N-dealkylation sites (tertiary alicyclic amines) is 1. The largest absolute Gasteiger partial charge is 0.496 e. The number of nitrogen functional groups attached to an aromatic ring is 1. The van der Waals surface area contributed by atoms with E-state index in [4.69, 9.17) is 31.5 Å². The van der Waals surface area contributed by atoms with Gasteiger partial charge < -0.3 is 25.3 Å². The molecule has 1 saturated carbocycles. The summed E-state index contributed by atoms with van der Waals surface area (Å²) in [5.74, 6) is -0.111. The Kier molecular flexibility index (Phi) is 7.57. The molecule has 1 aliphatic carbocycles. The van der Waals surface area contributed by atoms with Crippen LogP contribution in [0.25, 0.3) is 0 Å². The molecule has 0 spiro atoms. The number of hydrogen-bond acceptors (Lipinski definition) is 7. The molecule has 1 aromatic carbocycles. The van der Waals surface area contributed by atoms with Crippen LogP contribution in [0.1, 0.15) is 36.0 Å². The van der Waals surface area contributed by atoms with Crippen LogP contribution in [0.3, 0.4) is 0 Å². The van der Waals surface area contributed by atoms with Gasteiger partial charge >= 0.3 is 5.97 Å². The third-order valence-corrected chi connectivity index (χ3v) is 5.39. The van der Waals surface area contributed by atoms with Crippen molar-refractivity contribution in [3.05, 3.63) is 22.7 Å². The molecule has 1 aromatic rings. The molecule has 1 heterocycles. The zero-order chi connectivity index (χ0) is 20.8. The van der Waals surface area contributed by atoms with Crippen molar-refractivity contribution in [3.63, 3.8) is 0 Å². The van der Waals surface area contributed by atoms with Crippen molar-refractivity contribution in [1.82, 2.24) is 10.2 Å². The van der Waals surface area contributed by atoms with Gasteiger partial charge in [0.1, 0.15) is 12.4 Å². The minimum Gasteiger partial charge on any atom is -0.496 e. The highest BCUT2D eigenvalue weighted by atomic mass is 35.5. The maximum absolute atomic E-state index is 12.6. The quantitative estimate of drug-likeness (QED) is 0.353. The lowest BCUT2D eigenvalue weighted by Gasteiger charge is -2.31. The topological polar surface area (TPSA) is 103 Å². The van der Waals surface area contributed by atoms with Crippen LogP contribution in [0.4, 0.5) is 5.69 Å². The fourth-order valence-electron chi connectivity index (χ4n) is 3.25. The first-order valence-electron chi connectivity index (χ1n) is 9.89. The molecule has 0 aromatic heterocycles. The van der Waals surface area contributed by atoms with Gasteiger partial charge in [-0.3, -0.25) is 14.5 Å². The number of anilines is 1. The SMILES string of the molecule is COc1cc(N)c(Cl)cc1C(=O)NC1CCN(CC(=O)OCCOC2CC2)CC1. The van der Waals surface area contributed by atoms with E-state index in [0.717, 1.165) is 25.7 Å². The van der Waals surface area contributed by atoms with Gasteiger partial charge in [-0.25, -0.2) is 0 Å². The van der Waals surface area contributed by atoms with Crippen LogP contribution >= 0.6 is 11.6 Å². The Morgan fingerprint density at radius 2 is 1.93 bits per heavy atom. The number of amides is 1. The highest BCUT2D eigenvalue weighted by molar-refractivity contribution is 6.33. The number of benzene rings is 1. The maximum Gasteiger partial charge on any atom is 0.320 e. The Hall–Kier alpha value is -2.03. The molecular weight excluding hydrogens is 398 g/mol. The van der Waals surface area contributed by atoms with Crippen molar-refractivity contribution < 1.29 is 23.8 Å². The first-order valence-corrected chi connectivity index (χ1v) is 10.3. The van der Waals surface area contributed by atoms with E-state index in [1.54, 1.807) is 6.07 Å². The minimum atomic E-state index is -0.253. The standard InChI is InChI=1S/C20H28ClN3O5/c1-27-18-11-17(22)16(21)10-15(18)20(26)23-13-4-6-24(7-5-13)12-19(25)29-9-8-28-14-2-3-14/h10-11,13-14H,2-9,12,22H2,1H3,(H,23,26). The van der Waals surface area contributed by atoms with Gasteiger partial charge in [0.15, 0.2) is 0 Å². The van der Waals surface area contributed by atoms with E-state index in [9.17, 15) is 9.59 Å². The Bertz CT molecular complexity index is 733. The highest BCUT2D eigenvalue weighted by Gasteiger charge is 2.25. The number of carbonyl (C=O) groups is 2. The maximum atomic E-state index is 12.6. The number of rotatable bonds is 9. The molecule has 2 fully saturated rings. The molecule has 1 amide bonds. The van der Waals surface area contributed by atoms with E-state index in [0.29, 0.717) is 54.4 Å². The molecule has 0 bridgehead atoms. The van der Waals surface area contributed by atoms with Gasteiger partial charge in [-0.1, -0.05) is 11.6 Å². The van der Waals surface area contributed by atoms with Crippen molar-refractivity contribution in [2.45, 2.75) is 37.8 Å². The molecule has 2 aliphatic rings. The second kappa shape index (κ2) is 10.1. The van der Waals surface area contributed by atoms with E-state index >= 15 is 0 Å². The first-order chi connectivity index (χ1) is 14.0. The van der Waals surface area contributed by atoms with Crippen molar-refractivity contribution >= 4 is 29.2 Å². The summed E-state index contributed by atoms with van der Waals surface area (Å²) < 4.78 is 15.9. The fraction of sp³-hybridized carbons (Fsp3) is 0.600. The Morgan fingerprint density at radius 1 is 1.21 bits per heavy atom. The van der Waals surface area contributed by atoms with Gasteiger partial charge in [0, 0.05) is 25.2 Å². The fourth-order valence-corrected chi connectivity index (χ4v) is 3.41. The Balaban J connectivity index is 1.39. The number of nitrogens with one attached hydrogen (secondary N) is 1. The lowest BCUT2D eigenvalue weighted by molar-refractivity contribution is -0.147. The molecule has 1 saturated heterocycles. The van der Waals surface area contributed by atoms with Crippen molar-refractivity contribution in [2.75, 3.05) is 45.7 Å². The summed E-state index contributed by atoms with van der Waals surface area (Å²) in [5, 5.41) is 3.32. The molecule has 8 nitrogen and oxygen atoms in total. The number of nitrogens with two attached hydrogens (primary N) is 1. The number of piperidine rings is 1. The highest BCUT2D eigenvalue weighted by Crippen LogP contribution is 2.29. The molecule has 29 heavy (non-hydrogen) atoms. The molecule has 3 N–H and O–H groups in total. The molecule has 3 rings (SSSR count). The number of ether oxygens (including phenoxy) is 3. The molecule has 160 valence electrons. The summed E-state index contributed by atoms with van der Waals surface area (Å²) in [6, 6.07) is 3.08. The van der Waals surface area contributed by atoms with Crippen LogP contribution in [0, 0.1) is 0 Å². The normalized spacial score (nSPS) is 17.7. The number of esters is 1. The van der Waals surface area contributed by atoms with Gasteiger partial charge in [0.25, 0.3) is 5.91 Å². The second-order valence-electron chi connectivity index (χ2n) is 7.39. The average Bonchev–Trinajstić information content (AvgIpc) is 3.53. The van der Waals surface area contributed by atoms with E-state index in [1.807, 2.05) is 4.90 Å². The smallest absolute Gasteiger partial charge is 0.320 e. The zero-order valence-electron chi connectivity index (χ0n) is 16.6. The number of halogens is 1. The summed E-state index contributed by atoms with van der Waals surface area (Å²) in [6.07, 6.45) is 4.07. The predicted octanol–water partition coefficient (Wildman–Crippen LogP) is 1.85. The zero-order valence-corrected chi connectivity index (χ0v) is 17.4. The number of hydrogen-bond donors (Lipinski definition) is 2. The summed E-state index contributed by atoms with van der Waals surface area (Å²) in [4.78, 5) is 26.6. The van der Waals surface area contributed by atoms with Gasteiger partial charge in [-0.2, -0.15) is 0 Å². The van der Waals surface area contributed by atoms with Crippen molar-refractivity contribution in [2.24, 2.45) is 0 Å². The average molecular weight is 426 g/mol. The van der Waals surface area contributed by atoms with E-state index < -0.39 is 0 Å². The second-order valence-corrected chi connectivity index (χ2v) is 7.80. The van der Waals surface area contributed by atoms with E-state index in [2.05, 4.69) is 5.32 Å². The first kappa shape index (κ1) is 21.7. The predicted molar refractivity (Wildman–Crippen MR) is 109 cm³/mol. The molecular formula is C20H28ClN3O5. The van der Waals surface area contributed by atoms with E-state index in [-0.39, 0.29) is 24.5 Å². The molecule has 1 aliphatic heterocycles. The monoisotopic (exact) mass is 425 g/mol. The van der Waals surface area contributed by atoms with E-state index in [1.165, 1.54) is 13.2 Å². The Morgan fingerprint density at radius 3 is 2.59 bits per heavy atom. The lowest BCUT2D eigenvalue weighted by Crippen LogP contribution is -2.46. The van der Waals surface area contributed by atoms with Gasteiger partial charge in [0.05, 0.1) is 42.6 Å². The minimum absolute atomic E-state index is 0.0164. The van der Waals surface area contributed by atoms with Crippen LogP contribution in [0.5, 0.6) is 5.75 Å².